The van der Waals surface area contributed by atoms with Crippen LogP contribution in [0.4, 0.5) is 10.6 Å². The molecule has 1 N–H and O–H groups in total. The third kappa shape index (κ3) is 8.54. The zero-order valence-electron chi connectivity index (χ0n) is 23.4. The van der Waals surface area contributed by atoms with Crippen LogP contribution in [-0.2, 0) is 33.8 Å². The smallest absolute Gasteiger partial charge is 0.415 e. The number of amides is 2. The minimum Gasteiger partial charge on any atom is -0.494 e. The maximum absolute atomic E-state index is 13.4. The molecule has 3 aromatic rings. The van der Waals surface area contributed by atoms with Crippen molar-refractivity contribution in [2.75, 3.05) is 24.7 Å². The van der Waals surface area contributed by atoms with E-state index in [-0.39, 0.29) is 12.3 Å². The van der Waals surface area contributed by atoms with Crippen LogP contribution in [-0.4, -0.2) is 52.7 Å². The summed E-state index contributed by atoms with van der Waals surface area (Å²) in [5.74, 6) is -0.588. The first-order chi connectivity index (χ1) is 19.9. The molecule has 2 heterocycles. The van der Waals surface area contributed by atoms with Gasteiger partial charge in [-0.2, -0.15) is 0 Å². The van der Waals surface area contributed by atoms with Crippen LogP contribution in [0, 0.1) is 5.92 Å². The van der Waals surface area contributed by atoms with Crippen molar-refractivity contribution in [1.29, 1.82) is 0 Å². The van der Waals surface area contributed by atoms with E-state index in [1.54, 1.807) is 23.2 Å². The van der Waals surface area contributed by atoms with Crippen LogP contribution in [0.5, 0.6) is 5.75 Å². The fourth-order valence-corrected chi connectivity index (χ4v) is 4.85. The van der Waals surface area contributed by atoms with E-state index < -0.39 is 18.0 Å². The Morgan fingerprint density at radius 2 is 1.83 bits per heavy atom. The standard InChI is InChI=1S/C32H37N3O6/c1-2-3-17-41-32(39)35(29-12-7-8-15-33-29)16-9-18-40-28-14-13-25-19-26(21-30(36)37)31(38)34(23-27(25)20-28)22-24-10-5-4-6-11-24/h4-8,10-15,20,26H,2-3,9,16-19,21-23H2,1H3,(H,36,37)/t26-/m1/s1. The molecular formula is C32H37N3O6. The van der Waals surface area contributed by atoms with Crippen LogP contribution >= 0.6 is 0 Å². The Hall–Kier alpha value is -4.40. The van der Waals surface area contributed by atoms with Crippen molar-refractivity contribution in [3.8, 4) is 5.75 Å². The third-order valence-corrected chi connectivity index (χ3v) is 6.97. The maximum Gasteiger partial charge on any atom is 0.415 e. The minimum absolute atomic E-state index is 0.157. The number of carboxylic acids is 1. The maximum atomic E-state index is 13.4. The van der Waals surface area contributed by atoms with Gasteiger partial charge in [0.25, 0.3) is 0 Å². The average molecular weight is 560 g/mol. The van der Waals surface area contributed by atoms with E-state index in [0.717, 1.165) is 29.5 Å². The lowest BCUT2D eigenvalue weighted by Gasteiger charge is -2.24. The molecule has 2 amide bonds. The predicted molar refractivity (Wildman–Crippen MR) is 155 cm³/mol. The Bertz CT molecular complexity index is 1300. The van der Waals surface area contributed by atoms with Gasteiger partial charge in [-0.15, -0.1) is 0 Å². The van der Waals surface area contributed by atoms with E-state index in [0.29, 0.717) is 57.3 Å². The van der Waals surface area contributed by atoms with E-state index in [1.165, 1.54) is 4.90 Å². The number of pyridine rings is 1. The number of ether oxygens (including phenoxy) is 2. The summed E-state index contributed by atoms with van der Waals surface area (Å²) in [6.07, 6.45) is 3.65. The molecule has 0 fully saturated rings. The molecule has 0 unspecified atom stereocenters. The predicted octanol–water partition coefficient (Wildman–Crippen LogP) is 5.47. The van der Waals surface area contributed by atoms with Crippen LogP contribution in [0.1, 0.15) is 49.3 Å². The van der Waals surface area contributed by atoms with Crippen molar-refractivity contribution in [1.82, 2.24) is 9.88 Å². The zero-order chi connectivity index (χ0) is 29.0. The molecule has 1 aromatic heterocycles. The summed E-state index contributed by atoms with van der Waals surface area (Å²) in [7, 11) is 0. The van der Waals surface area contributed by atoms with E-state index >= 15 is 0 Å². The number of fused-ring (bicyclic) bond motifs is 1. The van der Waals surface area contributed by atoms with Gasteiger partial charge in [0.1, 0.15) is 11.6 Å². The van der Waals surface area contributed by atoms with Gasteiger partial charge in [0, 0.05) is 25.8 Å². The lowest BCUT2D eigenvalue weighted by atomic mass is 9.94. The lowest BCUT2D eigenvalue weighted by molar-refractivity contribution is -0.144. The van der Waals surface area contributed by atoms with E-state index in [4.69, 9.17) is 9.47 Å². The van der Waals surface area contributed by atoms with Crippen molar-refractivity contribution in [2.24, 2.45) is 5.92 Å². The van der Waals surface area contributed by atoms with E-state index in [9.17, 15) is 19.5 Å². The van der Waals surface area contributed by atoms with Crippen molar-refractivity contribution in [2.45, 2.75) is 52.1 Å². The van der Waals surface area contributed by atoms with Crippen molar-refractivity contribution >= 4 is 23.8 Å². The highest BCUT2D eigenvalue weighted by atomic mass is 16.6. The molecule has 0 saturated heterocycles. The normalized spacial score (nSPS) is 14.6. The quantitative estimate of drug-likeness (QED) is 0.277. The molecule has 1 atom stereocenters. The molecule has 2 aromatic carbocycles. The monoisotopic (exact) mass is 559 g/mol. The first kappa shape index (κ1) is 29.6. The van der Waals surface area contributed by atoms with Gasteiger partial charge in [-0.1, -0.05) is 55.8 Å². The molecule has 4 rings (SSSR count). The second-order valence-electron chi connectivity index (χ2n) is 10.1. The number of carbonyl (C=O) groups is 3. The van der Waals surface area contributed by atoms with E-state index in [2.05, 4.69) is 4.98 Å². The summed E-state index contributed by atoms with van der Waals surface area (Å²) in [4.78, 5) is 45.1. The number of carbonyl (C=O) groups excluding carboxylic acids is 2. The van der Waals surface area contributed by atoms with Gasteiger partial charge in [-0.05, 0) is 60.2 Å². The number of carboxylic acid groups (broad SMARTS) is 1. The number of anilines is 1. The van der Waals surface area contributed by atoms with Gasteiger partial charge in [0.2, 0.25) is 5.91 Å². The van der Waals surface area contributed by atoms with Gasteiger partial charge < -0.3 is 19.5 Å². The highest BCUT2D eigenvalue weighted by molar-refractivity contribution is 5.86. The molecule has 0 spiro atoms. The largest absolute Gasteiger partial charge is 0.494 e. The van der Waals surface area contributed by atoms with Crippen molar-refractivity contribution < 1.29 is 29.0 Å². The molecule has 41 heavy (non-hydrogen) atoms. The van der Waals surface area contributed by atoms with Gasteiger partial charge in [-0.3, -0.25) is 14.5 Å². The first-order valence-electron chi connectivity index (χ1n) is 14.1. The molecule has 216 valence electrons. The van der Waals surface area contributed by atoms with Gasteiger partial charge >= 0.3 is 12.1 Å². The highest BCUT2D eigenvalue weighted by Crippen LogP contribution is 2.29. The summed E-state index contributed by atoms with van der Waals surface area (Å²) in [6, 6.07) is 20.8. The Balaban J connectivity index is 1.42. The number of rotatable bonds is 13. The fourth-order valence-electron chi connectivity index (χ4n) is 4.85. The van der Waals surface area contributed by atoms with Crippen LogP contribution in [0.15, 0.2) is 72.9 Å². The molecular weight excluding hydrogens is 522 g/mol. The second-order valence-corrected chi connectivity index (χ2v) is 10.1. The van der Waals surface area contributed by atoms with Gasteiger partial charge in [0.05, 0.1) is 25.6 Å². The first-order valence-corrected chi connectivity index (χ1v) is 14.1. The third-order valence-electron chi connectivity index (χ3n) is 6.97. The van der Waals surface area contributed by atoms with Crippen molar-refractivity contribution in [3.63, 3.8) is 0 Å². The number of benzene rings is 2. The Labute approximate surface area is 240 Å². The molecule has 0 saturated carbocycles. The number of aromatic nitrogens is 1. The van der Waals surface area contributed by atoms with Gasteiger partial charge in [-0.25, -0.2) is 9.78 Å². The number of hydrogen-bond acceptors (Lipinski definition) is 6. The topological polar surface area (TPSA) is 109 Å². The number of nitrogens with zero attached hydrogens (tertiary/aromatic N) is 3. The van der Waals surface area contributed by atoms with Crippen LogP contribution in [0.3, 0.4) is 0 Å². The summed E-state index contributed by atoms with van der Waals surface area (Å²) in [6.45, 7) is 3.91. The molecule has 1 aliphatic rings. The fraction of sp³-hybridized carbons (Fsp3) is 0.375. The SMILES string of the molecule is CCCCOC(=O)N(CCCOc1ccc2c(c1)CN(Cc1ccccc1)C(=O)[C@@H](CC(=O)O)C2)c1ccccn1. The average Bonchev–Trinajstić information content (AvgIpc) is 3.09. The molecule has 0 aliphatic carbocycles. The van der Waals surface area contributed by atoms with Gasteiger partial charge in [0.15, 0.2) is 0 Å². The summed E-state index contributed by atoms with van der Waals surface area (Å²) < 4.78 is 11.5. The molecule has 9 heteroatoms. The number of unbranched alkanes of at least 4 members (excludes halogenated alkanes) is 1. The van der Waals surface area contributed by atoms with Crippen LogP contribution in [0.25, 0.3) is 0 Å². The summed E-state index contributed by atoms with van der Waals surface area (Å²) in [5.41, 5.74) is 2.87. The number of hydrogen-bond donors (Lipinski definition) is 1. The van der Waals surface area contributed by atoms with Crippen molar-refractivity contribution in [3.05, 3.63) is 89.6 Å². The Morgan fingerprint density at radius 3 is 2.56 bits per heavy atom. The van der Waals surface area contributed by atoms with E-state index in [1.807, 2.05) is 61.5 Å². The minimum atomic E-state index is -0.986. The zero-order valence-corrected chi connectivity index (χ0v) is 23.4. The lowest BCUT2D eigenvalue weighted by Crippen LogP contribution is -2.35. The molecule has 1 aliphatic heterocycles. The molecule has 0 bridgehead atoms. The summed E-state index contributed by atoms with van der Waals surface area (Å²) in [5, 5.41) is 9.44. The van der Waals surface area contributed by atoms with Crippen LogP contribution < -0.4 is 9.64 Å². The number of aliphatic carboxylic acids is 1. The highest BCUT2D eigenvalue weighted by Gasteiger charge is 2.31. The molecule has 0 radical (unpaired) electrons. The summed E-state index contributed by atoms with van der Waals surface area (Å²) >= 11 is 0. The molecule has 9 nitrogen and oxygen atoms in total. The van der Waals surface area contributed by atoms with Crippen LogP contribution in [0.2, 0.25) is 0 Å². The second kappa shape index (κ2) is 14.8. The Morgan fingerprint density at radius 1 is 1.02 bits per heavy atom. The Kier molecular flexibility index (Phi) is 10.7.